The van der Waals surface area contributed by atoms with Crippen LogP contribution in [0.3, 0.4) is 0 Å². The van der Waals surface area contributed by atoms with E-state index in [0.717, 1.165) is 94.1 Å². The third kappa shape index (κ3) is 7.68. The first-order valence-electron chi connectivity index (χ1n) is 14.6. The summed E-state index contributed by atoms with van der Waals surface area (Å²) in [4.78, 5) is 30.0. The highest BCUT2D eigenvalue weighted by molar-refractivity contribution is 7.15. The number of anilines is 1. The average Bonchev–Trinajstić information content (AvgIpc) is 3.35. The summed E-state index contributed by atoms with van der Waals surface area (Å²) in [6.07, 6.45) is 12.8. The van der Waals surface area contributed by atoms with Crippen molar-refractivity contribution < 1.29 is 28.9 Å². The number of amides is 1. The second-order valence-corrected chi connectivity index (χ2v) is 12.4. The molecule has 2 fully saturated rings. The molecule has 1 saturated heterocycles. The molecule has 212 valence electrons. The number of methoxy groups -OCH3 is 1. The van der Waals surface area contributed by atoms with Crippen molar-refractivity contribution in [1.29, 1.82) is 0 Å². The summed E-state index contributed by atoms with van der Waals surface area (Å²) in [7, 11) is 1.39. The van der Waals surface area contributed by atoms with E-state index in [-0.39, 0.29) is 24.3 Å². The standard InChI is InChI=1S/C30H45NO6S/c1-20(2)8-6-11-27(33)31(22-13-15-24(16-14-22)37-28-12-4-5-17-36-28)25-19-26(38-29(25)30(34)35-3)21-9-7-10-23(32)18-21/h18-20,22-24,28,32H,4-17H2,1-3H3. The Kier molecular flexibility index (Phi) is 10.8. The maximum Gasteiger partial charge on any atom is 0.350 e. The van der Waals surface area contributed by atoms with Crippen molar-refractivity contribution >= 4 is 34.5 Å². The second kappa shape index (κ2) is 14.1. The minimum Gasteiger partial charge on any atom is -0.465 e. The van der Waals surface area contributed by atoms with Crippen LogP contribution in [0.5, 0.6) is 0 Å². The number of aliphatic hydroxyl groups excluding tert-OH is 1. The molecule has 1 saturated carbocycles. The first kappa shape index (κ1) is 29.2. The maximum absolute atomic E-state index is 13.8. The van der Waals surface area contributed by atoms with Crippen molar-refractivity contribution in [2.24, 2.45) is 5.92 Å². The van der Waals surface area contributed by atoms with Crippen LogP contribution in [0.2, 0.25) is 0 Å². The largest absolute Gasteiger partial charge is 0.465 e. The number of thiophene rings is 1. The van der Waals surface area contributed by atoms with Gasteiger partial charge >= 0.3 is 5.97 Å². The van der Waals surface area contributed by atoms with Crippen LogP contribution < -0.4 is 4.90 Å². The Hall–Kier alpha value is -1.74. The Balaban J connectivity index is 1.57. The van der Waals surface area contributed by atoms with Gasteiger partial charge in [-0.2, -0.15) is 0 Å². The van der Waals surface area contributed by atoms with Gasteiger partial charge in [-0.25, -0.2) is 4.79 Å². The molecular weight excluding hydrogens is 502 g/mol. The number of rotatable bonds is 10. The highest BCUT2D eigenvalue weighted by Gasteiger charge is 2.35. The van der Waals surface area contributed by atoms with E-state index in [1.54, 1.807) is 0 Å². The summed E-state index contributed by atoms with van der Waals surface area (Å²) in [6.45, 7) is 5.11. The van der Waals surface area contributed by atoms with Gasteiger partial charge in [-0.3, -0.25) is 4.79 Å². The molecule has 38 heavy (non-hydrogen) atoms. The molecule has 0 bridgehead atoms. The Labute approximate surface area is 231 Å². The minimum absolute atomic E-state index is 0.00505. The zero-order valence-electron chi connectivity index (χ0n) is 23.3. The van der Waals surface area contributed by atoms with Crippen molar-refractivity contribution in [1.82, 2.24) is 0 Å². The van der Waals surface area contributed by atoms with Crippen molar-refractivity contribution in [3.05, 3.63) is 21.9 Å². The van der Waals surface area contributed by atoms with Crippen LogP contribution in [0.25, 0.3) is 5.57 Å². The number of nitrogens with zero attached hydrogens (tertiary/aromatic N) is 1. The molecule has 8 heteroatoms. The first-order chi connectivity index (χ1) is 18.4. The Morgan fingerprint density at radius 1 is 1.13 bits per heavy atom. The van der Waals surface area contributed by atoms with Crippen molar-refractivity contribution in [2.75, 3.05) is 18.6 Å². The molecule has 2 heterocycles. The molecule has 0 radical (unpaired) electrons. The van der Waals surface area contributed by atoms with Gasteiger partial charge in [0.1, 0.15) is 4.88 Å². The Bertz CT molecular complexity index is 958. The molecule has 3 aliphatic rings. The lowest BCUT2D eigenvalue weighted by molar-refractivity contribution is -0.193. The summed E-state index contributed by atoms with van der Waals surface area (Å²) in [6, 6.07) is 1.99. The molecule has 1 aromatic heterocycles. The number of esters is 1. The van der Waals surface area contributed by atoms with E-state index in [1.165, 1.54) is 18.4 Å². The zero-order chi connectivity index (χ0) is 27.1. The lowest BCUT2D eigenvalue weighted by Gasteiger charge is -2.38. The fourth-order valence-corrected chi connectivity index (χ4v) is 6.97. The van der Waals surface area contributed by atoms with Gasteiger partial charge < -0.3 is 24.2 Å². The third-order valence-corrected chi connectivity index (χ3v) is 9.11. The Morgan fingerprint density at radius 3 is 2.58 bits per heavy atom. The predicted octanol–water partition coefficient (Wildman–Crippen LogP) is 6.48. The molecule has 1 aromatic rings. The van der Waals surface area contributed by atoms with Gasteiger partial charge in [0.2, 0.25) is 5.91 Å². The van der Waals surface area contributed by atoms with Crippen molar-refractivity contribution in [2.45, 2.75) is 122 Å². The molecule has 7 nitrogen and oxygen atoms in total. The van der Waals surface area contributed by atoms with E-state index in [2.05, 4.69) is 13.8 Å². The summed E-state index contributed by atoms with van der Waals surface area (Å²) in [5.41, 5.74) is 1.70. The molecular formula is C30H45NO6S. The monoisotopic (exact) mass is 547 g/mol. The van der Waals surface area contributed by atoms with Crippen LogP contribution in [0.1, 0.15) is 112 Å². The van der Waals surface area contributed by atoms with Crippen LogP contribution in [0.15, 0.2) is 12.1 Å². The highest BCUT2D eigenvalue weighted by atomic mass is 32.1. The van der Waals surface area contributed by atoms with Crippen LogP contribution in [0.4, 0.5) is 5.69 Å². The number of allylic oxidation sites excluding steroid dienone is 1. The first-order valence-corrected chi connectivity index (χ1v) is 15.4. The molecule has 2 aliphatic carbocycles. The molecule has 1 aliphatic heterocycles. The minimum atomic E-state index is -0.469. The van der Waals surface area contributed by atoms with Crippen LogP contribution in [-0.2, 0) is 19.0 Å². The van der Waals surface area contributed by atoms with E-state index < -0.39 is 12.1 Å². The molecule has 1 N–H and O–H groups in total. The van der Waals surface area contributed by atoms with Crippen molar-refractivity contribution in [3.63, 3.8) is 0 Å². The number of carbonyl (C=O) groups is 2. The summed E-state index contributed by atoms with van der Waals surface area (Å²) in [5.74, 6) is 0.186. The normalized spacial score (nSPS) is 26.2. The van der Waals surface area contributed by atoms with Gasteiger partial charge in [-0.15, -0.1) is 11.3 Å². The van der Waals surface area contributed by atoms with Gasteiger partial charge in [-0.05, 0) is 88.2 Å². The van der Waals surface area contributed by atoms with Gasteiger partial charge in [0.15, 0.2) is 6.29 Å². The quantitative estimate of drug-likeness (QED) is 0.338. The highest BCUT2D eigenvalue weighted by Crippen LogP contribution is 2.41. The molecule has 4 rings (SSSR count). The van der Waals surface area contributed by atoms with Gasteiger partial charge in [0.05, 0.1) is 25.0 Å². The molecule has 0 aromatic carbocycles. The van der Waals surface area contributed by atoms with E-state index in [4.69, 9.17) is 14.2 Å². The summed E-state index contributed by atoms with van der Waals surface area (Å²) < 4.78 is 17.2. The maximum atomic E-state index is 13.8. The van der Waals surface area contributed by atoms with E-state index in [0.29, 0.717) is 22.9 Å². The van der Waals surface area contributed by atoms with Gasteiger partial charge in [0, 0.05) is 23.9 Å². The Morgan fingerprint density at radius 2 is 1.92 bits per heavy atom. The lowest BCUT2D eigenvalue weighted by atomic mass is 9.90. The fraction of sp³-hybridized carbons (Fsp3) is 0.733. The predicted molar refractivity (Wildman–Crippen MR) is 150 cm³/mol. The van der Waals surface area contributed by atoms with Crippen LogP contribution in [-0.4, -0.2) is 55.2 Å². The smallest absolute Gasteiger partial charge is 0.350 e. The van der Waals surface area contributed by atoms with Gasteiger partial charge in [0.25, 0.3) is 0 Å². The number of hydrogen-bond donors (Lipinski definition) is 1. The van der Waals surface area contributed by atoms with E-state index >= 15 is 0 Å². The summed E-state index contributed by atoms with van der Waals surface area (Å²) in [5, 5.41) is 10.2. The molecule has 0 spiro atoms. The lowest BCUT2D eigenvalue weighted by Crippen LogP contribution is -2.44. The molecule has 1 amide bonds. The molecule has 2 atom stereocenters. The second-order valence-electron chi connectivity index (χ2n) is 11.4. The third-order valence-electron chi connectivity index (χ3n) is 7.93. The van der Waals surface area contributed by atoms with Crippen molar-refractivity contribution in [3.8, 4) is 0 Å². The van der Waals surface area contributed by atoms with E-state index in [1.807, 2.05) is 17.0 Å². The number of carbonyl (C=O) groups excluding carboxylic acids is 2. The van der Waals surface area contributed by atoms with E-state index in [9.17, 15) is 14.7 Å². The number of ether oxygens (including phenoxy) is 3. The van der Waals surface area contributed by atoms with Crippen LogP contribution in [0, 0.1) is 5.92 Å². The topological polar surface area (TPSA) is 85.3 Å². The summed E-state index contributed by atoms with van der Waals surface area (Å²) >= 11 is 1.37. The molecule has 2 unspecified atom stereocenters. The zero-order valence-corrected chi connectivity index (χ0v) is 24.1. The number of hydrogen-bond acceptors (Lipinski definition) is 7. The average molecular weight is 548 g/mol. The fourth-order valence-electron chi connectivity index (χ4n) is 5.85. The van der Waals surface area contributed by atoms with Crippen LogP contribution >= 0.6 is 11.3 Å². The van der Waals surface area contributed by atoms with Gasteiger partial charge in [-0.1, -0.05) is 26.3 Å². The number of aliphatic hydroxyl groups is 1. The SMILES string of the molecule is COC(=O)c1sc(C2=CC(O)CCC2)cc1N(C(=O)CCCC(C)C)C1CCC(OC2CCCCO2)CC1.